The SMILES string of the molecule is CCC(C)C1C(=O)Oc2ncc(C)cc2C1=O. The Morgan fingerprint density at radius 1 is 1.47 bits per heavy atom. The number of hydrogen-bond donors (Lipinski definition) is 0. The number of ether oxygens (including phenoxy) is 1. The van der Waals surface area contributed by atoms with Crippen molar-refractivity contribution < 1.29 is 14.3 Å². The van der Waals surface area contributed by atoms with E-state index in [4.69, 9.17) is 4.74 Å². The van der Waals surface area contributed by atoms with E-state index >= 15 is 0 Å². The van der Waals surface area contributed by atoms with E-state index in [9.17, 15) is 9.59 Å². The smallest absolute Gasteiger partial charge is 0.323 e. The van der Waals surface area contributed by atoms with Crippen molar-refractivity contribution in [3.05, 3.63) is 23.4 Å². The van der Waals surface area contributed by atoms with Gasteiger partial charge in [0.25, 0.3) is 0 Å². The molecule has 0 saturated heterocycles. The molecule has 0 saturated carbocycles. The highest BCUT2D eigenvalue weighted by molar-refractivity contribution is 6.13. The first-order chi connectivity index (χ1) is 8.04. The number of nitrogens with zero attached hydrogens (tertiary/aromatic N) is 1. The van der Waals surface area contributed by atoms with Gasteiger partial charge in [-0.05, 0) is 24.5 Å². The number of aryl methyl sites for hydroxylation is 1. The molecule has 4 heteroatoms. The Hall–Kier alpha value is -1.71. The van der Waals surface area contributed by atoms with Crippen molar-refractivity contribution in [2.45, 2.75) is 27.2 Å². The quantitative estimate of drug-likeness (QED) is 0.580. The molecule has 2 heterocycles. The molecule has 0 N–H and O–H groups in total. The maximum absolute atomic E-state index is 12.2. The summed E-state index contributed by atoms with van der Waals surface area (Å²) in [4.78, 5) is 28.0. The number of carbonyl (C=O) groups excluding carboxylic acids is 2. The molecule has 4 nitrogen and oxygen atoms in total. The van der Waals surface area contributed by atoms with Crippen LogP contribution in [0.5, 0.6) is 5.88 Å². The molecule has 2 atom stereocenters. The summed E-state index contributed by atoms with van der Waals surface area (Å²) in [5, 5.41) is 0. The van der Waals surface area contributed by atoms with Crippen LogP contribution in [0.2, 0.25) is 0 Å². The average molecular weight is 233 g/mol. The summed E-state index contributed by atoms with van der Waals surface area (Å²) in [7, 11) is 0. The maximum Gasteiger partial charge on any atom is 0.323 e. The van der Waals surface area contributed by atoms with Crippen LogP contribution >= 0.6 is 0 Å². The van der Waals surface area contributed by atoms with Gasteiger partial charge in [0.2, 0.25) is 5.88 Å². The molecule has 1 aromatic heterocycles. The third kappa shape index (κ3) is 1.95. The molecule has 1 aliphatic heterocycles. The minimum Gasteiger partial charge on any atom is -0.406 e. The van der Waals surface area contributed by atoms with Gasteiger partial charge in [-0.3, -0.25) is 9.59 Å². The minimum absolute atomic E-state index is 0.0105. The molecule has 2 unspecified atom stereocenters. The van der Waals surface area contributed by atoms with E-state index in [-0.39, 0.29) is 17.6 Å². The number of Topliss-reactive ketones (excluding diaryl/α,β-unsaturated/α-hetero) is 1. The van der Waals surface area contributed by atoms with Crippen LogP contribution in [0.1, 0.15) is 36.2 Å². The predicted molar refractivity (Wildman–Crippen MR) is 61.9 cm³/mol. The number of pyridine rings is 1. The standard InChI is InChI=1S/C13H15NO3/c1-4-8(3)10-11(15)9-5-7(2)6-14-12(9)17-13(10)16/h5-6,8,10H,4H2,1-3H3. The summed E-state index contributed by atoms with van der Waals surface area (Å²) in [6, 6.07) is 1.73. The van der Waals surface area contributed by atoms with Crippen molar-refractivity contribution in [3.63, 3.8) is 0 Å². The lowest BCUT2D eigenvalue weighted by Gasteiger charge is -2.25. The molecule has 0 spiro atoms. The highest BCUT2D eigenvalue weighted by Crippen LogP contribution is 2.31. The van der Waals surface area contributed by atoms with Crippen LogP contribution in [0.25, 0.3) is 0 Å². The Labute approximate surface area is 100 Å². The van der Waals surface area contributed by atoms with Crippen molar-refractivity contribution in [1.82, 2.24) is 4.98 Å². The zero-order valence-electron chi connectivity index (χ0n) is 10.2. The molecular weight excluding hydrogens is 218 g/mol. The van der Waals surface area contributed by atoms with E-state index in [0.717, 1.165) is 12.0 Å². The second-order valence-corrected chi connectivity index (χ2v) is 4.51. The fourth-order valence-corrected chi connectivity index (χ4v) is 1.97. The molecule has 90 valence electrons. The minimum atomic E-state index is -0.684. The molecule has 1 aromatic rings. The zero-order valence-corrected chi connectivity index (χ0v) is 10.2. The van der Waals surface area contributed by atoms with Crippen LogP contribution in [0, 0.1) is 18.8 Å². The summed E-state index contributed by atoms with van der Waals surface area (Å²) in [6.45, 7) is 5.70. The summed E-state index contributed by atoms with van der Waals surface area (Å²) < 4.78 is 5.12. The Bertz CT molecular complexity index is 482. The lowest BCUT2D eigenvalue weighted by Crippen LogP contribution is -2.38. The highest BCUT2D eigenvalue weighted by atomic mass is 16.5. The van der Waals surface area contributed by atoms with Crippen molar-refractivity contribution in [2.75, 3.05) is 0 Å². The van der Waals surface area contributed by atoms with E-state index < -0.39 is 11.9 Å². The molecule has 0 fully saturated rings. The Morgan fingerprint density at radius 3 is 2.82 bits per heavy atom. The second-order valence-electron chi connectivity index (χ2n) is 4.51. The van der Waals surface area contributed by atoms with E-state index in [1.54, 1.807) is 12.3 Å². The van der Waals surface area contributed by atoms with Crippen LogP contribution < -0.4 is 4.74 Å². The van der Waals surface area contributed by atoms with Crippen LogP contribution in [0.4, 0.5) is 0 Å². The monoisotopic (exact) mass is 233 g/mol. The number of ketones is 1. The van der Waals surface area contributed by atoms with Gasteiger partial charge in [-0.2, -0.15) is 0 Å². The molecular formula is C13H15NO3. The topological polar surface area (TPSA) is 56.3 Å². The third-order valence-corrected chi connectivity index (χ3v) is 3.20. The predicted octanol–water partition coefficient (Wildman–Crippen LogP) is 2.15. The molecule has 1 aliphatic rings. The first-order valence-electron chi connectivity index (χ1n) is 5.77. The van der Waals surface area contributed by atoms with Crippen LogP contribution in [-0.2, 0) is 4.79 Å². The van der Waals surface area contributed by atoms with Gasteiger partial charge in [0, 0.05) is 6.20 Å². The number of aromatic nitrogens is 1. The molecule has 0 amide bonds. The first kappa shape index (κ1) is 11.8. The molecule has 2 rings (SSSR count). The fraction of sp³-hybridized carbons (Fsp3) is 0.462. The van der Waals surface area contributed by atoms with Crippen molar-refractivity contribution in [2.24, 2.45) is 11.8 Å². The highest BCUT2D eigenvalue weighted by Gasteiger charge is 2.40. The molecule has 0 aromatic carbocycles. The van der Waals surface area contributed by atoms with Gasteiger partial charge in [-0.25, -0.2) is 4.98 Å². The van der Waals surface area contributed by atoms with Crippen LogP contribution in [-0.4, -0.2) is 16.7 Å². The molecule has 0 aliphatic carbocycles. The van der Waals surface area contributed by atoms with Gasteiger partial charge in [-0.1, -0.05) is 20.3 Å². The Balaban J connectivity index is 2.45. The Kier molecular flexibility index (Phi) is 2.96. The number of esters is 1. The fourth-order valence-electron chi connectivity index (χ4n) is 1.97. The van der Waals surface area contributed by atoms with Gasteiger partial charge < -0.3 is 4.74 Å². The van der Waals surface area contributed by atoms with Gasteiger partial charge in [0.1, 0.15) is 5.92 Å². The Morgan fingerprint density at radius 2 is 2.18 bits per heavy atom. The van der Waals surface area contributed by atoms with Gasteiger partial charge in [0.05, 0.1) is 5.56 Å². The van der Waals surface area contributed by atoms with Gasteiger partial charge >= 0.3 is 5.97 Å². The summed E-state index contributed by atoms with van der Waals surface area (Å²) in [5.41, 5.74) is 1.31. The number of fused-ring (bicyclic) bond motifs is 1. The van der Waals surface area contributed by atoms with Crippen molar-refractivity contribution >= 4 is 11.8 Å². The summed E-state index contributed by atoms with van der Waals surface area (Å²) >= 11 is 0. The number of rotatable bonds is 2. The number of carbonyl (C=O) groups is 2. The number of hydrogen-bond acceptors (Lipinski definition) is 4. The van der Waals surface area contributed by atoms with Crippen molar-refractivity contribution in [1.29, 1.82) is 0 Å². The first-order valence-corrected chi connectivity index (χ1v) is 5.77. The van der Waals surface area contributed by atoms with Gasteiger partial charge in [0.15, 0.2) is 5.78 Å². The molecule has 0 bridgehead atoms. The zero-order chi connectivity index (χ0) is 12.6. The van der Waals surface area contributed by atoms with E-state index in [1.807, 2.05) is 20.8 Å². The van der Waals surface area contributed by atoms with Gasteiger partial charge in [-0.15, -0.1) is 0 Å². The van der Waals surface area contributed by atoms with E-state index in [2.05, 4.69) is 4.98 Å². The summed E-state index contributed by atoms with van der Waals surface area (Å²) in [6.07, 6.45) is 2.35. The lowest BCUT2D eigenvalue weighted by molar-refractivity contribution is -0.139. The average Bonchev–Trinajstić information content (AvgIpc) is 2.30. The van der Waals surface area contributed by atoms with Crippen molar-refractivity contribution in [3.8, 4) is 5.88 Å². The van der Waals surface area contributed by atoms with E-state index in [1.165, 1.54) is 0 Å². The third-order valence-electron chi connectivity index (χ3n) is 3.20. The normalized spacial score (nSPS) is 20.8. The molecule has 0 radical (unpaired) electrons. The second kappa shape index (κ2) is 4.28. The largest absolute Gasteiger partial charge is 0.406 e. The van der Waals surface area contributed by atoms with Crippen LogP contribution in [0.3, 0.4) is 0 Å². The lowest BCUT2D eigenvalue weighted by atomic mass is 9.84. The van der Waals surface area contributed by atoms with E-state index in [0.29, 0.717) is 5.56 Å². The molecule has 17 heavy (non-hydrogen) atoms. The summed E-state index contributed by atoms with van der Waals surface area (Å²) in [5.74, 6) is -1.19. The van der Waals surface area contributed by atoms with Crippen LogP contribution in [0.15, 0.2) is 12.3 Å². The maximum atomic E-state index is 12.2.